The van der Waals surface area contributed by atoms with Crippen LogP contribution < -0.4 is 10.6 Å². The van der Waals surface area contributed by atoms with Crippen molar-refractivity contribution in [1.82, 2.24) is 15.5 Å². The molecule has 0 aromatic heterocycles. The van der Waals surface area contributed by atoms with E-state index in [0.29, 0.717) is 6.10 Å². The highest BCUT2D eigenvalue weighted by Crippen LogP contribution is 2.19. The van der Waals surface area contributed by atoms with Crippen LogP contribution in [0.3, 0.4) is 0 Å². The number of rotatable bonds is 12. The summed E-state index contributed by atoms with van der Waals surface area (Å²) in [6, 6.07) is 0. The highest BCUT2D eigenvalue weighted by molar-refractivity contribution is 14.0. The van der Waals surface area contributed by atoms with Crippen LogP contribution in [0.15, 0.2) is 4.99 Å². The molecule has 0 heterocycles. The summed E-state index contributed by atoms with van der Waals surface area (Å²) in [7, 11) is 3.88. The van der Waals surface area contributed by atoms with E-state index in [2.05, 4.69) is 34.5 Å². The van der Waals surface area contributed by atoms with E-state index < -0.39 is 0 Å². The smallest absolute Gasteiger partial charge is 0.191 e. The lowest BCUT2D eigenvalue weighted by molar-refractivity contribution is 0.0468. The molecule has 156 valence electrons. The van der Waals surface area contributed by atoms with Gasteiger partial charge in [-0.15, -0.1) is 24.0 Å². The first-order valence-electron chi connectivity index (χ1n) is 10.1. The molecule has 26 heavy (non-hydrogen) atoms. The average molecular weight is 484 g/mol. The third kappa shape index (κ3) is 14.0. The van der Waals surface area contributed by atoms with Crippen LogP contribution in [0.4, 0.5) is 0 Å². The van der Waals surface area contributed by atoms with Crippen LogP contribution in [-0.2, 0) is 9.47 Å². The summed E-state index contributed by atoms with van der Waals surface area (Å²) in [6.07, 6.45) is 9.36. The molecule has 0 saturated heterocycles. The van der Waals surface area contributed by atoms with Gasteiger partial charge in [0.25, 0.3) is 0 Å². The van der Waals surface area contributed by atoms with Gasteiger partial charge in [-0.2, -0.15) is 0 Å². The first-order chi connectivity index (χ1) is 12.3. The molecule has 0 aromatic carbocycles. The quantitative estimate of drug-likeness (QED) is 0.147. The van der Waals surface area contributed by atoms with Crippen molar-refractivity contribution in [1.29, 1.82) is 0 Å². The number of ether oxygens (including phenoxy) is 2. The Kier molecular flexibility index (Phi) is 18.2. The molecule has 1 fully saturated rings. The number of hydrogen-bond acceptors (Lipinski definition) is 4. The SMILES string of the molecule is CCNC(=NCCN(C)CCCOC)NCCOC1CCCCCC1.I. The molecule has 0 amide bonds. The Balaban J connectivity index is 0.00000625. The molecule has 0 aliphatic heterocycles. The van der Waals surface area contributed by atoms with E-state index in [1.54, 1.807) is 7.11 Å². The van der Waals surface area contributed by atoms with Crippen LogP contribution in [0.1, 0.15) is 51.9 Å². The fraction of sp³-hybridized carbons (Fsp3) is 0.947. The van der Waals surface area contributed by atoms with Crippen molar-refractivity contribution in [3.05, 3.63) is 0 Å². The van der Waals surface area contributed by atoms with Crippen molar-refractivity contribution in [2.45, 2.75) is 58.0 Å². The molecule has 1 aliphatic rings. The van der Waals surface area contributed by atoms with Crippen molar-refractivity contribution in [3.8, 4) is 0 Å². The first kappa shape index (κ1) is 25.9. The van der Waals surface area contributed by atoms with Gasteiger partial charge >= 0.3 is 0 Å². The maximum absolute atomic E-state index is 6.02. The monoisotopic (exact) mass is 484 g/mol. The second kappa shape index (κ2) is 18.3. The number of nitrogens with zero attached hydrogens (tertiary/aromatic N) is 2. The Morgan fingerprint density at radius 3 is 2.46 bits per heavy atom. The Hall–Kier alpha value is -0.120. The Bertz CT molecular complexity index is 338. The summed E-state index contributed by atoms with van der Waals surface area (Å²) in [6.45, 7) is 8.15. The van der Waals surface area contributed by atoms with E-state index in [4.69, 9.17) is 9.47 Å². The maximum atomic E-state index is 6.02. The van der Waals surface area contributed by atoms with Gasteiger partial charge in [0, 0.05) is 39.9 Å². The van der Waals surface area contributed by atoms with Crippen LogP contribution in [0.2, 0.25) is 0 Å². The molecule has 7 heteroatoms. The van der Waals surface area contributed by atoms with Crippen LogP contribution in [-0.4, -0.2) is 77.1 Å². The number of likely N-dealkylation sites (N-methyl/N-ethyl adjacent to an activating group) is 1. The van der Waals surface area contributed by atoms with Gasteiger partial charge in [0.1, 0.15) is 0 Å². The van der Waals surface area contributed by atoms with Crippen LogP contribution in [0.25, 0.3) is 0 Å². The highest BCUT2D eigenvalue weighted by atomic mass is 127. The van der Waals surface area contributed by atoms with Crippen LogP contribution >= 0.6 is 24.0 Å². The second-order valence-electron chi connectivity index (χ2n) is 6.82. The second-order valence-corrected chi connectivity index (χ2v) is 6.82. The largest absolute Gasteiger partial charge is 0.385 e. The molecule has 0 spiro atoms. The molecule has 2 N–H and O–H groups in total. The summed E-state index contributed by atoms with van der Waals surface area (Å²) >= 11 is 0. The van der Waals surface area contributed by atoms with Crippen LogP contribution in [0.5, 0.6) is 0 Å². The molecule has 6 nitrogen and oxygen atoms in total. The van der Waals surface area contributed by atoms with Gasteiger partial charge in [-0.25, -0.2) is 0 Å². The zero-order chi connectivity index (χ0) is 18.2. The van der Waals surface area contributed by atoms with E-state index in [1.807, 2.05) is 0 Å². The minimum Gasteiger partial charge on any atom is -0.385 e. The molecule has 0 bridgehead atoms. The van der Waals surface area contributed by atoms with Gasteiger partial charge in [-0.05, 0) is 33.2 Å². The van der Waals surface area contributed by atoms with E-state index >= 15 is 0 Å². The molecule has 0 atom stereocenters. The standard InChI is InChI=1S/C19H40N4O2.HI/c1-4-20-19(21-12-15-23(2)14-9-16-24-3)22-13-17-25-18-10-7-5-6-8-11-18;/h18H,4-17H2,1-3H3,(H2,20,21,22);1H. The third-order valence-electron chi connectivity index (χ3n) is 4.53. The lowest BCUT2D eigenvalue weighted by atomic mass is 10.1. The molecule has 0 aromatic rings. The minimum absolute atomic E-state index is 0. The minimum atomic E-state index is 0. The zero-order valence-electron chi connectivity index (χ0n) is 17.1. The average Bonchev–Trinajstić information content (AvgIpc) is 2.87. The summed E-state index contributed by atoms with van der Waals surface area (Å²) < 4.78 is 11.1. The summed E-state index contributed by atoms with van der Waals surface area (Å²) in [5.74, 6) is 0.886. The molecular formula is C19H41IN4O2. The van der Waals surface area contributed by atoms with Gasteiger partial charge in [0.2, 0.25) is 0 Å². The number of halogens is 1. The predicted molar refractivity (Wildman–Crippen MR) is 121 cm³/mol. The fourth-order valence-electron chi connectivity index (χ4n) is 3.07. The molecule has 0 unspecified atom stereocenters. The van der Waals surface area contributed by atoms with Gasteiger partial charge in [0.05, 0.1) is 19.3 Å². The normalized spacial score (nSPS) is 16.2. The van der Waals surface area contributed by atoms with Gasteiger partial charge in [0.15, 0.2) is 5.96 Å². The lowest BCUT2D eigenvalue weighted by Crippen LogP contribution is -2.40. The van der Waals surface area contributed by atoms with E-state index in [1.165, 1.54) is 38.5 Å². The molecule has 0 radical (unpaired) electrons. The van der Waals surface area contributed by atoms with Crippen LogP contribution in [0, 0.1) is 0 Å². The fourth-order valence-corrected chi connectivity index (χ4v) is 3.07. The van der Waals surface area contributed by atoms with Gasteiger partial charge in [-0.3, -0.25) is 4.99 Å². The Morgan fingerprint density at radius 1 is 1.08 bits per heavy atom. The number of methoxy groups -OCH3 is 1. The van der Waals surface area contributed by atoms with Crippen molar-refractivity contribution < 1.29 is 9.47 Å². The number of aliphatic imine (C=N–C) groups is 1. The lowest BCUT2D eigenvalue weighted by Gasteiger charge is -2.17. The first-order valence-corrected chi connectivity index (χ1v) is 10.1. The van der Waals surface area contributed by atoms with Gasteiger partial charge in [-0.1, -0.05) is 25.7 Å². The van der Waals surface area contributed by atoms with Crippen molar-refractivity contribution in [2.24, 2.45) is 4.99 Å². The predicted octanol–water partition coefficient (Wildman–Crippen LogP) is 2.87. The van der Waals surface area contributed by atoms with E-state index in [-0.39, 0.29) is 24.0 Å². The summed E-state index contributed by atoms with van der Waals surface area (Å²) in [5, 5.41) is 6.68. The summed E-state index contributed by atoms with van der Waals surface area (Å²) in [4.78, 5) is 6.94. The molecular weight excluding hydrogens is 443 g/mol. The Labute approximate surface area is 177 Å². The zero-order valence-corrected chi connectivity index (χ0v) is 19.4. The molecule has 1 rings (SSSR count). The molecule has 1 saturated carbocycles. The number of nitrogens with one attached hydrogen (secondary N) is 2. The van der Waals surface area contributed by atoms with Gasteiger partial charge < -0.3 is 25.0 Å². The highest BCUT2D eigenvalue weighted by Gasteiger charge is 2.12. The number of guanidine groups is 1. The van der Waals surface area contributed by atoms with Crippen molar-refractivity contribution in [2.75, 3.05) is 60.1 Å². The number of hydrogen-bond donors (Lipinski definition) is 2. The van der Waals surface area contributed by atoms with E-state index in [0.717, 1.165) is 58.3 Å². The Morgan fingerprint density at radius 2 is 1.81 bits per heavy atom. The topological polar surface area (TPSA) is 58.1 Å². The van der Waals surface area contributed by atoms with Crippen molar-refractivity contribution >= 4 is 29.9 Å². The summed E-state index contributed by atoms with van der Waals surface area (Å²) in [5.41, 5.74) is 0. The maximum Gasteiger partial charge on any atom is 0.191 e. The van der Waals surface area contributed by atoms with E-state index in [9.17, 15) is 0 Å². The van der Waals surface area contributed by atoms with Crippen molar-refractivity contribution in [3.63, 3.8) is 0 Å². The molecule has 1 aliphatic carbocycles. The third-order valence-corrected chi connectivity index (χ3v) is 4.53.